The lowest BCUT2D eigenvalue weighted by Crippen LogP contribution is -2.28. The van der Waals surface area contributed by atoms with Crippen molar-refractivity contribution in [1.29, 1.82) is 0 Å². The Hall–Kier alpha value is -4.11. The van der Waals surface area contributed by atoms with Crippen LogP contribution in [0.15, 0.2) is 109 Å². The maximum atomic E-state index is 13.6. The summed E-state index contributed by atoms with van der Waals surface area (Å²) in [6.07, 6.45) is 6.92. The first-order chi connectivity index (χ1) is 16.3. The third kappa shape index (κ3) is 2.79. The first kappa shape index (κ1) is 18.5. The molecule has 33 heavy (non-hydrogen) atoms. The van der Waals surface area contributed by atoms with Crippen LogP contribution in [-0.4, -0.2) is 11.0 Å². The predicted octanol–water partition coefficient (Wildman–Crippen LogP) is 7.72. The van der Waals surface area contributed by atoms with Gasteiger partial charge >= 0.3 is 0 Å². The summed E-state index contributed by atoms with van der Waals surface area (Å²) >= 11 is 0. The van der Waals surface area contributed by atoms with E-state index in [9.17, 15) is 4.39 Å². The first-order valence-corrected chi connectivity index (χ1v) is 11.3. The van der Waals surface area contributed by atoms with Gasteiger partial charge in [0.15, 0.2) is 0 Å². The Labute approximate surface area is 191 Å². The summed E-state index contributed by atoms with van der Waals surface area (Å²) < 4.78 is 13.6. The lowest BCUT2D eigenvalue weighted by molar-refractivity contribution is 0.627. The molecule has 3 heteroatoms. The molecule has 2 aliphatic rings. The van der Waals surface area contributed by atoms with E-state index in [4.69, 9.17) is 0 Å². The number of halogens is 1. The van der Waals surface area contributed by atoms with E-state index in [1.807, 2.05) is 12.1 Å². The van der Waals surface area contributed by atoms with Crippen molar-refractivity contribution in [1.82, 2.24) is 4.98 Å². The molecule has 1 aliphatic heterocycles. The van der Waals surface area contributed by atoms with E-state index >= 15 is 0 Å². The van der Waals surface area contributed by atoms with Gasteiger partial charge in [-0.15, -0.1) is 0 Å². The summed E-state index contributed by atoms with van der Waals surface area (Å²) in [7, 11) is 0. The number of rotatable bonds is 2. The molecule has 5 aromatic rings. The lowest BCUT2D eigenvalue weighted by atomic mass is 9.86. The molecule has 1 N–H and O–H groups in total. The summed E-state index contributed by atoms with van der Waals surface area (Å²) in [5, 5.41) is 2.50. The number of aromatic nitrogens is 1. The predicted molar refractivity (Wildman–Crippen MR) is 134 cm³/mol. The molecule has 0 amide bonds. The number of anilines is 2. The highest BCUT2D eigenvalue weighted by atomic mass is 19.1. The van der Waals surface area contributed by atoms with E-state index in [0.29, 0.717) is 0 Å². The van der Waals surface area contributed by atoms with E-state index in [1.165, 1.54) is 45.3 Å². The maximum Gasteiger partial charge on any atom is 0.123 e. The molecule has 2 heterocycles. The second kappa shape index (κ2) is 6.94. The number of nitrogens with one attached hydrogen (secondary N) is 1. The van der Waals surface area contributed by atoms with Gasteiger partial charge in [0.2, 0.25) is 0 Å². The van der Waals surface area contributed by atoms with E-state index in [-0.39, 0.29) is 17.8 Å². The van der Waals surface area contributed by atoms with Crippen LogP contribution in [-0.2, 0) is 0 Å². The molecule has 0 saturated heterocycles. The number of aromatic amines is 1. The third-order valence-corrected chi connectivity index (χ3v) is 7.00. The van der Waals surface area contributed by atoms with Crippen molar-refractivity contribution in [3.8, 4) is 0 Å². The maximum absolute atomic E-state index is 13.6. The first-order valence-electron chi connectivity index (χ1n) is 11.3. The standard InChI is InChI=1S/C30H21FN2/c31-21-11-13-22(14-12-21)33-29-8-4-2-6-24(29)26-18-20(10-16-30(26)33)19-9-15-28-25(17-19)23-5-1-3-7-27(23)32-28/h1-18,26,30,32H. The third-order valence-electron chi connectivity index (χ3n) is 7.00. The Morgan fingerprint density at radius 3 is 2.45 bits per heavy atom. The van der Waals surface area contributed by atoms with Gasteiger partial charge in [0.25, 0.3) is 0 Å². The van der Waals surface area contributed by atoms with Crippen LogP contribution in [0.2, 0.25) is 0 Å². The van der Waals surface area contributed by atoms with E-state index in [2.05, 4.69) is 94.8 Å². The Bertz CT molecular complexity index is 1590. The quantitative estimate of drug-likeness (QED) is 0.305. The van der Waals surface area contributed by atoms with Crippen molar-refractivity contribution < 1.29 is 4.39 Å². The molecule has 1 aliphatic carbocycles. The minimum atomic E-state index is -0.211. The zero-order chi connectivity index (χ0) is 21.9. The largest absolute Gasteiger partial charge is 0.355 e. The van der Waals surface area contributed by atoms with Crippen LogP contribution in [0.3, 0.4) is 0 Å². The highest BCUT2D eigenvalue weighted by molar-refractivity contribution is 6.08. The van der Waals surface area contributed by atoms with E-state index in [0.717, 1.165) is 16.7 Å². The van der Waals surface area contributed by atoms with Crippen LogP contribution in [0.4, 0.5) is 15.8 Å². The van der Waals surface area contributed by atoms with Crippen molar-refractivity contribution >= 4 is 38.8 Å². The Kier molecular flexibility index (Phi) is 3.88. The number of hydrogen-bond donors (Lipinski definition) is 1. The molecule has 0 radical (unpaired) electrons. The summed E-state index contributed by atoms with van der Waals surface area (Å²) in [6, 6.07) is 30.7. The molecular formula is C30H21FN2. The van der Waals surface area contributed by atoms with Gasteiger partial charge in [0.05, 0.1) is 6.04 Å². The summed E-state index contributed by atoms with van der Waals surface area (Å²) in [5.74, 6) is 0.0294. The molecule has 7 rings (SSSR count). The van der Waals surface area contributed by atoms with Crippen LogP contribution in [0.5, 0.6) is 0 Å². The minimum Gasteiger partial charge on any atom is -0.355 e. The number of para-hydroxylation sites is 2. The molecule has 0 spiro atoms. The number of hydrogen-bond acceptors (Lipinski definition) is 1. The van der Waals surface area contributed by atoms with Gasteiger partial charge in [0, 0.05) is 39.1 Å². The lowest BCUT2D eigenvalue weighted by Gasteiger charge is -2.29. The molecule has 4 aromatic carbocycles. The van der Waals surface area contributed by atoms with E-state index < -0.39 is 0 Å². The average Bonchev–Trinajstić information content (AvgIpc) is 3.39. The topological polar surface area (TPSA) is 19.0 Å². The molecule has 2 nitrogen and oxygen atoms in total. The van der Waals surface area contributed by atoms with Gasteiger partial charge in [-0.3, -0.25) is 0 Å². The fourth-order valence-corrected chi connectivity index (χ4v) is 5.47. The van der Waals surface area contributed by atoms with Gasteiger partial charge in [-0.2, -0.15) is 0 Å². The van der Waals surface area contributed by atoms with Crippen LogP contribution < -0.4 is 4.90 Å². The highest BCUT2D eigenvalue weighted by Crippen LogP contribution is 2.49. The molecule has 1 aromatic heterocycles. The van der Waals surface area contributed by atoms with Crippen LogP contribution in [0.25, 0.3) is 27.4 Å². The molecular weight excluding hydrogens is 407 g/mol. The summed E-state index contributed by atoms with van der Waals surface area (Å²) in [6.45, 7) is 0. The number of H-pyrrole nitrogens is 1. The van der Waals surface area contributed by atoms with Crippen LogP contribution >= 0.6 is 0 Å². The zero-order valence-electron chi connectivity index (χ0n) is 17.9. The van der Waals surface area contributed by atoms with Gasteiger partial charge in [0.1, 0.15) is 5.82 Å². The van der Waals surface area contributed by atoms with Gasteiger partial charge < -0.3 is 9.88 Å². The average molecular weight is 429 g/mol. The summed E-state index contributed by atoms with van der Waals surface area (Å²) in [5.41, 5.74) is 8.29. The van der Waals surface area contributed by atoms with Crippen molar-refractivity contribution in [3.63, 3.8) is 0 Å². The number of fused-ring (bicyclic) bond motifs is 6. The molecule has 0 bridgehead atoms. The Morgan fingerprint density at radius 2 is 1.55 bits per heavy atom. The van der Waals surface area contributed by atoms with Crippen molar-refractivity contribution in [2.24, 2.45) is 0 Å². The fraction of sp³-hybridized carbons (Fsp3) is 0.0667. The fourth-order valence-electron chi connectivity index (χ4n) is 5.47. The SMILES string of the molecule is Fc1ccc(N2c3ccccc3C3C=C(c4ccc5[nH]c6ccccc6c5c4)C=CC32)cc1. The monoisotopic (exact) mass is 428 g/mol. The van der Waals surface area contributed by atoms with Crippen molar-refractivity contribution in [2.45, 2.75) is 12.0 Å². The zero-order valence-corrected chi connectivity index (χ0v) is 17.9. The minimum absolute atomic E-state index is 0.174. The van der Waals surface area contributed by atoms with Crippen LogP contribution in [0, 0.1) is 5.82 Å². The molecule has 2 unspecified atom stereocenters. The molecule has 2 atom stereocenters. The van der Waals surface area contributed by atoms with Gasteiger partial charge in [-0.1, -0.05) is 60.7 Å². The number of nitrogens with zero attached hydrogens (tertiary/aromatic N) is 1. The number of allylic oxidation sites excluding steroid dienone is 2. The molecule has 158 valence electrons. The molecule has 0 fully saturated rings. The van der Waals surface area contributed by atoms with E-state index in [1.54, 1.807) is 0 Å². The normalized spacial score (nSPS) is 19.1. The summed E-state index contributed by atoms with van der Waals surface area (Å²) in [4.78, 5) is 5.84. The Balaban J connectivity index is 1.34. The van der Waals surface area contributed by atoms with Crippen molar-refractivity contribution in [2.75, 3.05) is 4.90 Å². The van der Waals surface area contributed by atoms with Crippen molar-refractivity contribution in [3.05, 3.63) is 126 Å². The second-order valence-electron chi connectivity index (χ2n) is 8.83. The second-order valence-corrected chi connectivity index (χ2v) is 8.83. The van der Waals surface area contributed by atoms with Gasteiger partial charge in [-0.05, 0) is 65.2 Å². The number of benzene rings is 4. The smallest absolute Gasteiger partial charge is 0.123 e. The van der Waals surface area contributed by atoms with Gasteiger partial charge in [-0.25, -0.2) is 4.39 Å². The Morgan fingerprint density at radius 1 is 0.758 bits per heavy atom. The van der Waals surface area contributed by atoms with Crippen LogP contribution in [0.1, 0.15) is 17.0 Å². The molecule has 0 saturated carbocycles. The highest BCUT2D eigenvalue weighted by Gasteiger charge is 2.38.